The lowest BCUT2D eigenvalue weighted by atomic mass is 10.1. The summed E-state index contributed by atoms with van der Waals surface area (Å²) in [5.74, 6) is 1.28. The van der Waals surface area contributed by atoms with E-state index >= 15 is 0 Å². The maximum Gasteiger partial charge on any atom is 0.207 e. The zero-order valence-electron chi connectivity index (χ0n) is 10.9. The van der Waals surface area contributed by atoms with Gasteiger partial charge in [0.15, 0.2) is 0 Å². The molecule has 3 atom stereocenters. The fraction of sp³-hybridized carbons (Fsp3) is 0.200. The Morgan fingerprint density at radius 1 is 1.20 bits per heavy atom. The molecule has 0 radical (unpaired) electrons. The van der Waals surface area contributed by atoms with Crippen LogP contribution >= 0.6 is 0 Å². The summed E-state index contributed by atoms with van der Waals surface area (Å²) in [4.78, 5) is 0.630. The second kappa shape index (κ2) is 5.26. The largest absolute Gasteiger partial charge is 0.497 e. The van der Waals surface area contributed by atoms with E-state index in [0.717, 1.165) is 0 Å². The van der Waals surface area contributed by atoms with Gasteiger partial charge in [0.1, 0.15) is 28.4 Å². The Morgan fingerprint density at radius 2 is 1.90 bits per heavy atom. The Bertz CT molecular complexity index is 639. The van der Waals surface area contributed by atoms with Crippen molar-refractivity contribution in [2.24, 2.45) is 0 Å². The highest BCUT2D eigenvalue weighted by Crippen LogP contribution is 2.37. The number of aliphatic hydroxyl groups is 1. The summed E-state index contributed by atoms with van der Waals surface area (Å²) in [6.07, 6.45) is -0.950. The van der Waals surface area contributed by atoms with Crippen LogP contribution in [0.1, 0.15) is 11.7 Å². The van der Waals surface area contributed by atoms with E-state index in [1.165, 1.54) is 0 Å². The monoisotopic (exact) mass is 290 g/mol. The van der Waals surface area contributed by atoms with Gasteiger partial charge in [-0.05, 0) is 29.8 Å². The quantitative estimate of drug-likeness (QED) is 0.942. The van der Waals surface area contributed by atoms with E-state index in [9.17, 15) is 9.32 Å². The number of methoxy groups -OCH3 is 1. The SMILES string of the molecule is COc1ccc([C@@H](O)[C@@H]2Oc3ccccc3S2=O)cc1. The molecule has 4 nitrogen and oxygen atoms in total. The standard InChI is InChI=1S/C15H14O4S/c1-18-11-8-6-10(7-9-11)14(16)15-19-12-4-2-3-5-13(12)20(15)17/h2-9,14-16H,1H3/t14-,15-,20?/m1/s1. The predicted molar refractivity (Wildman–Crippen MR) is 75.2 cm³/mol. The first-order valence-electron chi connectivity index (χ1n) is 6.19. The normalized spacial score (nSPS) is 21.9. The molecule has 20 heavy (non-hydrogen) atoms. The highest BCUT2D eigenvalue weighted by atomic mass is 32.2. The summed E-state index contributed by atoms with van der Waals surface area (Å²) in [6.45, 7) is 0. The molecular weight excluding hydrogens is 276 g/mol. The van der Waals surface area contributed by atoms with Gasteiger partial charge in [-0.15, -0.1) is 0 Å². The van der Waals surface area contributed by atoms with Crippen LogP contribution in [0.3, 0.4) is 0 Å². The van der Waals surface area contributed by atoms with E-state index in [2.05, 4.69) is 0 Å². The molecule has 0 amide bonds. The number of para-hydroxylation sites is 1. The fourth-order valence-corrected chi connectivity index (χ4v) is 3.51. The highest BCUT2D eigenvalue weighted by Gasteiger charge is 2.37. The van der Waals surface area contributed by atoms with Crippen molar-refractivity contribution in [2.75, 3.05) is 7.11 Å². The van der Waals surface area contributed by atoms with Crippen LogP contribution in [0.25, 0.3) is 0 Å². The minimum atomic E-state index is -1.38. The number of ether oxygens (including phenoxy) is 2. The third-order valence-electron chi connectivity index (χ3n) is 3.24. The van der Waals surface area contributed by atoms with E-state index in [-0.39, 0.29) is 0 Å². The average Bonchev–Trinajstić information content (AvgIpc) is 2.84. The maximum absolute atomic E-state index is 12.3. The summed E-state index contributed by atoms with van der Waals surface area (Å²) >= 11 is 0. The van der Waals surface area contributed by atoms with Gasteiger partial charge in [-0.3, -0.25) is 4.21 Å². The lowest BCUT2D eigenvalue weighted by Gasteiger charge is -2.17. The van der Waals surface area contributed by atoms with Gasteiger partial charge < -0.3 is 14.6 Å². The fourth-order valence-electron chi connectivity index (χ4n) is 2.15. The summed E-state index contributed by atoms with van der Waals surface area (Å²) in [5.41, 5.74) is -0.127. The molecule has 1 heterocycles. The molecule has 0 aromatic heterocycles. The molecule has 104 valence electrons. The minimum absolute atomic E-state index is 0.573. The lowest BCUT2D eigenvalue weighted by molar-refractivity contribution is 0.0885. The zero-order valence-corrected chi connectivity index (χ0v) is 11.7. The summed E-state index contributed by atoms with van der Waals surface area (Å²) in [5, 5.41) is 10.4. The Kier molecular flexibility index (Phi) is 3.46. The lowest BCUT2D eigenvalue weighted by Crippen LogP contribution is -2.25. The number of rotatable bonds is 3. The third kappa shape index (κ3) is 2.19. The Balaban J connectivity index is 1.85. The molecule has 2 aromatic rings. The van der Waals surface area contributed by atoms with Gasteiger partial charge in [0.25, 0.3) is 0 Å². The molecule has 5 heteroatoms. The molecule has 1 aliphatic heterocycles. The van der Waals surface area contributed by atoms with Gasteiger partial charge in [0, 0.05) is 0 Å². The molecular formula is C15H14O4S. The van der Waals surface area contributed by atoms with Crippen LogP contribution in [0.5, 0.6) is 11.5 Å². The topological polar surface area (TPSA) is 55.8 Å². The molecule has 1 N–H and O–H groups in total. The van der Waals surface area contributed by atoms with Crippen molar-refractivity contribution in [2.45, 2.75) is 16.4 Å². The number of fused-ring (bicyclic) bond motifs is 1. The minimum Gasteiger partial charge on any atom is -0.497 e. The van der Waals surface area contributed by atoms with Crippen LogP contribution in [0, 0.1) is 0 Å². The molecule has 3 rings (SSSR count). The Hall–Kier alpha value is -1.85. The number of hydrogen-bond donors (Lipinski definition) is 1. The molecule has 0 aliphatic carbocycles. The molecule has 0 fully saturated rings. The van der Waals surface area contributed by atoms with Crippen molar-refractivity contribution in [1.82, 2.24) is 0 Å². The van der Waals surface area contributed by atoms with E-state index in [1.807, 2.05) is 12.1 Å². The van der Waals surface area contributed by atoms with Crippen LogP contribution in [-0.4, -0.2) is 21.9 Å². The van der Waals surface area contributed by atoms with Gasteiger partial charge in [0.2, 0.25) is 5.44 Å². The van der Waals surface area contributed by atoms with Gasteiger partial charge in [0.05, 0.1) is 12.0 Å². The number of hydrogen-bond acceptors (Lipinski definition) is 4. The summed E-state index contributed by atoms with van der Waals surface area (Å²) in [7, 11) is 0.204. The maximum atomic E-state index is 12.3. The number of benzene rings is 2. The van der Waals surface area contributed by atoms with Crippen molar-refractivity contribution >= 4 is 10.8 Å². The molecule has 0 spiro atoms. The summed E-state index contributed by atoms with van der Waals surface area (Å²) in [6, 6.07) is 14.1. The second-order valence-corrected chi connectivity index (χ2v) is 5.95. The van der Waals surface area contributed by atoms with Crippen LogP contribution in [0.2, 0.25) is 0 Å². The molecule has 2 aromatic carbocycles. The first-order valence-corrected chi connectivity index (χ1v) is 7.40. The van der Waals surface area contributed by atoms with Gasteiger partial charge in [-0.25, -0.2) is 0 Å². The third-order valence-corrected chi connectivity index (χ3v) is 4.78. The molecule has 1 aliphatic rings. The smallest absolute Gasteiger partial charge is 0.207 e. The van der Waals surface area contributed by atoms with E-state index < -0.39 is 22.3 Å². The molecule has 0 saturated carbocycles. The zero-order chi connectivity index (χ0) is 14.1. The second-order valence-electron chi connectivity index (χ2n) is 4.45. The van der Waals surface area contributed by atoms with E-state index in [4.69, 9.17) is 9.47 Å². The average molecular weight is 290 g/mol. The van der Waals surface area contributed by atoms with Crippen molar-refractivity contribution in [3.8, 4) is 11.5 Å². The predicted octanol–water partition coefficient (Wildman–Crippen LogP) is 2.25. The summed E-state index contributed by atoms with van der Waals surface area (Å²) < 4.78 is 23.0. The van der Waals surface area contributed by atoms with Crippen molar-refractivity contribution in [3.05, 3.63) is 54.1 Å². The van der Waals surface area contributed by atoms with Crippen molar-refractivity contribution < 1.29 is 18.8 Å². The van der Waals surface area contributed by atoms with Crippen LogP contribution < -0.4 is 9.47 Å². The van der Waals surface area contributed by atoms with Crippen molar-refractivity contribution in [1.29, 1.82) is 0 Å². The molecule has 1 unspecified atom stereocenters. The van der Waals surface area contributed by atoms with Crippen molar-refractivity contribution in [3.63, 3.8) is 0 Å². The highest BCUT2D eigenvalue weighted by molar-refractivity contribution is 7.86. The van der Waals surface area contributed by atoms with E-state index in [0.29, 0.717) is 22.0 Å². The van der Waals surface area contributed by atoms with Crippen LogP contribution in [-0.2, 0) is 10.8 Å². The first kappa shape index (κ1) is 13.1. The van der Waals surface area contributed by atoms with Gasteiger partial charge >= 0.3 is 0 Å². The first-order chi connectivity index (χ1) is 9.70. The van der Waals surface area contributed by atoms with Gasteiger partial charge in [-0.1, -0.05) is 24.3 Å². The van der Waals surface area contributed by atoms with Gasteiger partial charge in [-0.2, -0.15) is 0 Å². The molecule has 0 bridgehead atoms. The van der Waals surface area contributed by atoms with Crippen LogP contribution in [0.4, 0.5) is 0 Å². The Labute approximate surface area is 119 Å². The molecule has 0 saturated heterocycles. The van der Waals surface area contributed by atoms with Crippen LogP contribution in [0.15, 0.2) is 53.4 Å². The Morgan fingerprint density at radius 3 is 2.55 bits per heavy atom. The van der Waals surface area contributed by atoms with E-state index in [1.54, 1.807) is 43.5 Å². The number of aliphatic hydroxyl groups excluding tert-OH is 1.